The van der Waals surface area contributed by atoms with Crippen molar-refractivity contribution in [3.63, 3.8) is 0 Å². The maximum Gasteiger partial charge on any atom is 0.335 e. The number of hydrogen-bond acceptors (Lipinski definition) is 5. The van der Waals surface area contributed by atoms with Gasteiger partial charge in [0.15, 0.2) is 5.65 Å². The zero-order valence-electron chi connectivity index (χ0n) is 19.9. The zero-order chi connectivity index (χ0) is 27.1. The molecule has 12 heteroatoms. The Hall–Kier alpha value is -4.02. The van der Waals surface area contributed by atoms with Crippen LogP contribution in [0.4, 0.5) is 4.39 Å². The number of carbonyl (C=O) groups excluding carboxylic acids is 2. The predicted molar refractivity (Wildman–Crippen MR) is 137 cm³/mol. The van der Waals surface area contributed by atoms with Crippen molar-refractivity contribution in [2.45, 2.75) is 32.4 Å². The summed E-state index contributed by atoms with van der Waals surface area (Å²) < 4.78 is 14.7. The number of hydrogen-bond donors (Lipinski definition) is 3. The van der Waals surface area contributed by atoms with Crippen LogP contribution in [0.3, 0.4) is 0 Å². The topological polar surface area (TPSA) is 126 Å². The van der Waals surface area contributed by atoms with Crippen molar-refractivity contribution in [3.8, 4) is 0 Å². The van der Waals surface area contributed by atoms with Crippen LogP contribution in [-0.4, -0.2) is 37.5 Å². The summed E-state index contributed by atoms with van der Waals surface area (Å²) >= 11 is 12.0. The number of fused-ring (bicyclic) bond motifs is 2. The molecular weight excluding hydrogens is 536 g/mol. The molecule has 0 fully saturated rings. The summed E-state index contributed by atoms with van der Waals surface area (Å²) in [6, 6.07) is 8.31. The third-order valence-electron chi connectivity index (χ3n) is 6.56. The number of nitrogens with zero attached hydrogens (tertiary/aromatic N) is 3. The van der Waals surface area contributed by atoms with Gasteiger partial charge in [-0.25, -0.2) is 18.7 Å². The highest BCUT2D eigenvalue weighted by Crippen LogP contribution is 2.35. The fourth-order valence-corrected chi connectivity index (χ4v) is 5.00. The van der Waals surface area contributed by atoms with Gasteiger partial charge in [-0.15, -0.1) is 0 Å². The third-order valence-corrected chi connectivity index (χ3v) is 7.12. The van der Waals surface area contributed by atoms with Gasteiger partial charge in [0.2, 0.25) is 0 Å². The Bertz CT molecular complexity index is 1640. The monoisotopic (exact) mass is 555 g/mol. The lowest BCUT2D eigenvalue weighted by Gasteiger charge is -2.16. The molecule has 4 aromatic rings. The number of rotatable bonds is 6. The molecule has 0 radical (unpaired) electrons. The standard InChI is InChI=1S/C26H20Cl2FN5O4/c1-12-14-5-7-20(16(14)4-3-15(12)26(37)38)33-25(36)22-9-21(32-23-18(28)11-31-34(22)23)24(35)30-10-13-2-6-19(29)17(27)8-13/h2-4,6,8-9,11,20H,5,7,10H2,1H3,(H,30,35)(H,33,36)(H,37,38)/t20-/m0/s1. The normalized spacial score (nSPS) is 14.4. The van der Waals surface area contributed by atoms with Gasteiger partial charge in [0.25, 0.3) is 11.8 Å². The molecule has 9 nitrogen and oxygen atoms in total. The van der Waals surface area contributed by atoms with E-state index < -0.39 is 23.6 Å². The minimum Gasteiger partial charge on any atom is -0.478 e. The number of carboxylic acid groups (broad SMARTS) is 1. The van der Waals surface area contributed by atoms with E-state index in [-0.39, 0.29) is 45.2 Å². The number of carboxylic acids is 1. The van der Waals surface area contributed by atoms with Crippen LogP contribution in [0, 0.1) is 12.7 Å². The van der Waals surface area contributed by atoms with Crippen LogP contribution in [0.2, 0.25) is 10.0 Å². The summed E-state index contributed by atoms with van der Waals surface area (Å²) in [6.07, 6.45) is 2.53. The number of benzene rings is 2. The van der Waals surface area contributed by atoms with Crippen LogP contribution < -0.4 is 10.6 Å². The number of amides is 2. The average Bonchev–Trinajstić information content (AvgIpc) is 3.47. The summed E-state index contributed by atoms with van der Waals surface area (Å²) in [5.74, 6) is -2.65. The summed E-state index contributed by atoms with van der Waals surface area (Å²) in [4.78, 5) is 42.1. The fraction of sp³-hybridized carbons (Fsp3) is 0.192. The quantitative estimate of drug-likeness (QED) is 0.321. The van der Waals surface area contributed by atoms with Crippen LogP contribution in [-0.2, 0) is 13.0 Å². The van der Waals surface area contributed by atoms with E-state index in [0.29, 0.717) is 24.0 Å². The summed E-state index contributed by atoms with van der Waals surface area (Å²) in [5.41, 5.74) is 3.35. The average molecular weight is 556 g/mol. The lowest BCUT2D eigenvalue weighted by atomic mass is 9.98. The van der Waals surface area contributed by atoms with Gasteiger partial charge in [0, 0.05) is 12.6 Å². The highest BCUT2D eigenvalue weighted by Gasteiger charge is 2.29. The molecule has 2 amide bonds. The van der Waals surface area contributed by atoms with E-state index in [1.54, 1.807) is 13.0 Å². The molecule has 1 aliphatic rings. The molecule has 0 spiro atoms. The highest BCUT2D eigenvalue weighted by molar-refractivity contribution is 6.33. The first-order valence-corrected chi connectivity index (χ1v) is 12.3. The lowest BCUT2D eigenvalue weighted by Crippen LogP contribution is -2.30. The van der Waals surface area contributed by atoms with E-state index in [1.165, 1.54) is 41.0 Å². The summed E-state index contributed by atoms with van der Waals surface area (Å²) in [5, 5.41) is 19.3. The first-order chi connectivity index (χ1) is 18.1. The van der Waals surface area contributed by atoms with Gasteiger partial charge in [-0.2, -0.15) is 5.10 Å². The van der Waals surface area contributed by atoms with Gasteiger partial charge in [0.1, 0.15) is 22.2 Å². The molecular formula is C26H20Cl2FN5O4. The van der Waals surface area contributed by atoms with E-state index in [4.69, 9.17) is 23.2 Å². The van der Waals surface area contributed by atoms with E-state index in [9.17, 15) is 23.9 Å². The van der Waals surface area contributed by atoms with Crippen molar-refractivity contribution in [2.75, 3.05) is 0 Å². The smallest absolute Gasteiger partial charge is 0.335 e. The zero-order valence-corrected chi connectivity index (χ0v) is 21.4. The number of nitrogens with one attached hydrogen (secondary N) is 2. The largest absolute Gasteiger partial charge is 0.478 e. The number of halogens is 3. The molecule has 0 saturated carbocycles. The molecule has 0 bridgehead atoms. The van der Waals surface area contributed by atoms with Gasteiger partial charge in [-0.1, -0.05) is 35.3 Å². The Morgan fingerprint density at radius 2 is 1.92 bits per heavy atom. The molecule has 194 valence electrons. The van der Waals surface area contributed by atoms with E-state index in [1.807, 2.05) is 0 Å². The third kappa shape index (κ3) is 4.68. The second-order valence-corrected chi connectivity index (χ2v) is 9.68. The van der Waals surface area contributed by atoms with Gasteiger partial charge in [0.05, 0.1) is 22.8 Å². The van der Waals surface area contributed by atoms with Gasteiger partial charge in [-0.3, -0.25) is 9.59 Å². The van der Waals surface area contributed by atoms with Crippen LogP contribution in [0.25, 0.3) is 5.65 Å². The molecule has 0 saturated heterocycles. The van der Waals surface area contributed by atoms with Gasteiger partial charge < -0.3 is 15.7 Å². The Morgan fingerprint density at radius 1 is 1.13 bits per heavy atom. The van der Waals surface area contributed by atoms with Crippen LogP contribution in [0.5, 0.6) is 0 Å². The summed E-state index contributed by atoms with van der Waals surface area (Å²) in [7, 11) is 0. The van der Waals surface area contributed by atoms with E-state index in [2.05, 4.69) is 20.7 Å². The first-order valence-electron chi connectivity index (χ1n) is 11.6. The Balaban J connectivity index is 1.41. The Morgan fingerprint density at radius 3 is 2.66 bits per heavy atom. The highest BCUT2D eigenvalue weighted by atomic mass is 35.5. The molecule has 2 heterocycles. The predicted octanol–water partition coefficient (Wildman–Crippen LogP) is 4.53. The second kappa shape index (κ2) is 10.0. The molecule has 5 rings (SSSR count). The van der Waals surface area contributed by atoms with Gasteiger partial charge in [-0.05, 0) is 60.2 Å². The molecule has 38 heavy (non-hydrogen) atoms. The second-order valence-electron chi connectivity index (χ2n) is 8.86. The molecule has 1 aliphatic carbocycles. The molecule has 2 aromatic carbocycles. The lowest BCUT2D eigenvalue weighted by molar-refractivity contribution is 0.0695. The van der Waals surface area contributed by atoms with E-state index >= 15 is 0 Å². The molecule has 2 aromatic heterocycles. The Labute approximate surface area is 225 Å². The fourth-order valence-electron chi connectivity index (χ4n) is 4.63. The molecule has 0 aliphatic heterocycles. The molecule has 0 unspecified atom stereocenters. The van der Waals surface area contributed by atoms with Crippen molar-refractivity contribution in [1.82, 2.24) is 25.2 Å². The minimum absolute atomic E-state index is 0.0456. The van der Waals surface area contributed by atoms with Crippen LogP contribution in [0.15, 0.2) is 42.6 Å². The van der Waals surface area contributed by atoms with Crippen LogP contribution in [0.1, 0.15) is 66.1 Å². The number of aromatic carboxylic acids is 1. The van der Waals surface area contributed by atoms with Crippen molar-refractivity contribution >= 4 is 46.6 Å². The Kier molecular flexibility index (Phi) is 6.77. The SMILES string of the molecule is Cc1c(C(=O)O)ccc2c1CC[C@@H]2NC(=O)c1cc(C(=O)NCc2ccc(F)c(Cl)c2)nc2c(Cl)cnn12. The van der Waals surface area contributed by atoms with Crippen LogP contribution >= 0.6 is 23.2 Å². The number of aromatic nitrogens is 3. The van der Waals surface area contributed by atoms with Crippen molar-refractivity contribution in [2.24, 2.45) is 0 Å². The first kappa shape index (κ1) is 25.6. The van der Waals surface area contributed by atoms with Crippen molar-refractivity contribution < 1.29 is 23.9 Å². The van der Waals surface area contributed by atoms with Crippen molar-refractivity contribution in [1.29, 1.82) is 0 Å². The summed E-state index contributed by atoms with van der Waals surface area (Å²) in [6.45, 7) is 1.81. The van der Waals surface area contributed by atoms with Gasteiger partial charge >= 0.3 is 5.97 Å². The molecule has 3 N–H and O–H groups in total. The van der Waals surface area contributed by atoms with Crippen molar-refractivity contribution in [3.05, 3.63) is 97.7 Å². The molecule has 1 atom stereocenters. The maximum absolute atomic E-state index is 13.4. The maximum atomic E-state index is 13.4. The number of carbonyl (C=O) groups is 3. The van der Waals surface area contributed by atoms with E-state index in [0.717, 1.165) is 11.1 Å². The minimum atomic E-state index is -0.999.